The van der Waals surface area contributed by atoms with E-state index in [-0.39, 0.29) is 6.54 Å². The van der Waals surface area contributed by atoms with Crippen molar-refractivity contribution in [3.63, 3.8) is 0 Å². The monoisotopic (exact) mass is 303 g/mol. The zero-order valence-electron chi connectivity index (χ0n) is 11.1. The van der Waals surface area contributed by atoms with Crippen LogP contribution in [0.25, 0.3) is 0 Å². The van der Waals surface area contributed by atoms with E-state index in [4.69, 9.17) is 0 Å². The van der Waals surface area contributed by atoms with Crippen LogP contribution < -0.4 is 4.72 Å². The number of esters is 1. The van der Waals surface area contributed by atoms with Gasteiger partial charge in [0.25, 0.3) is 0 Å². The second-order valence-corrected chi connectivity index (χ2v) is 6.62. The number of hydrogen-bond donors (Lipinski definition) is 1. The molecule has 0 radical (unpaired) electrons. The molecule has 1 saturated carbocycles. The number of hydrogen-bond acceptors (Lipinski definition) is 7. The van der Waals surface area contributed by atoms with Gasteiger partial charge in [-0.05, 0) is 12.8 Å². The zero-order valence-corrected chi connectivity index (χ0v) is 11.9. The summed E-state index contributed by atoms with van der Waals surface area (Å²) in [6, 6.07) is 0. The molecular weight excluding hydrogens is 286 g/mol. The summed E-state index contributed by atoms with van der Waals surface area (Å²) in [4.78, 5) is 15.4. The molecule has 1 N–H and O–H groups in total. The average Bonchev–Trinajstić information content (AvgIpc) is 3.08. The predicted octanol–water partition coefficient (Wildman–Crippen LogP) is -0.127. The number of sulfonamides is 1. The minimum absolute atomic E-state index is 0.173. The van der Waals surface area contributed by atoms with Crippen LogP contribution in [0, 0.1) is 5.92 Å². The lowest BCUT2D eigenvalue weighted by atomic mass is 10.1. The summed E-state index contributed by atoms with van der Waals surface area (Å²) in [5.74, 6) is -0.609. The average molecular weight is 303 g/mol. The summed E-state index contributed by atoms with van der Waals surface area (Å²) in [6.45, 7) is 0.173. The lowest BCUT2D eigenvalue weighted by Gasteiger charge is -2.18. The maximum absolute atomic E-state index is 12.2. The van der Waals surface area contributed by atoms with Crippen LogP contribution >= 0.6 is 0 Å². The van der Waals surface area contributed by atoms with Gasteiger partial charge in [0, 0.05) is 13.0 Å². The third-order valence-corrected chi connectivity index (χ3v) is 5.38. The van der Waals surface area contributed by atoms with Gasteiger partial charge in [0.15, 0.2) is 5.82 Å². The Labute approximate surface area is 116 Å². The number of carbonyl (C=O) groups is 1. The fraction of sp³-hybridized carbons (Fsp3) is 0.727. The molecule has 8 nitrogen and oxygen atoms in total. The van der Waals surface area contributed by atoms with Crippen LogP contribution in [-0.4, -0.2) is 43.4 Å². The molecule has 0 spiro atoms. The molecule has 0 saturated heterocycles. The molecule has 0 amide bonds. The number of nitrogens with zero attached hydrogens (tertiary/aromatic N) is 2. The number of ether oxygens (including phenoxy) is 1. The maximum Gasteiger partial charge on any atom is 0.310 e. The first-order valence-electron chi connectivity index (χ1n) is 6.36. The van der Waals surface area contributed by atoms with Gasteiger partial charge >= 0.3 is 5.97 Å². The van der Waals surface area contributed by atoms with Crippen molar-refractivity contribution in [1.82, 2.24) is 14.9 Å². The molecule has 1 heterocycles. The second kappa shape index (κ2) is 6.31. The quantitative estimate of drug-likeness (QED) is 0.729. The minimum atomic E-state index is -3.55. The number of aromatic nitrogens is 2. The Morgan fingerprint density at radius 1 is 1.55 bits per heavy atom. The highest BCUT2D eigenvalue weighted by atomic mass is 32.2. The summed E-state index contributed by atoms with van der Waals surface area (Å²) in [7, 11) is -2.28. The Kier molecular flexibility index (Phi) is 4.71. The lowest BCUT2D eigenvalue weighted by molar-refractivity contribution is -0.145. The third kappa shape index (κ3) is 3.34. The Hall–Kier alpha value is -1.48. The van der Waals surface area contributed by atoms with Crippen molar-refractivity contribution in [3.8, 4) is 0 Å². The van der Waals surface area contributed by atoms with Gasteiger partial charge in [-0.2, -0.15) is 4.98 Å². The van der Waals surface area contributed by atoms with Crippen molar-refractivity contribution in [2.45, 2.75) is 30.9 Å². The third-order valence-electron chi connectivity index (χ3n) is 3.41. The van der Waals surface area contributed by atoms with Crippen molar-refractivity contribution in [1.29, 1.82) is 0 Å². The summed E-state index contributed by atoms with van der Waals surface area (Å²) in [5.41, 5.74) is 0. The van der Waals surface area contributed by atoms with Gasteiger partial charge in [-0.15, -0.1) is 0 Å². The molecule has 2 atom stereocenters. The van der Waals surface area contributed by atoms with E-state index in [0.29, 0.717) is 31.5 Å². The number of carbonyl (C=O) groups excluding carboxylic acids is 1. The first-order chi connectivity index (χ1) is 9.54. The normalized spacial score (nSPS) is 22.9. The van der Waals surface area contributed by atoms with Gasteiger partial charge in [0.05, 0.1) is 18.3 Å². The molecule has 20 heavy (non-hydrogen) atoms. The van der Waals surface area contributed by atoms with Gasteiger partial charge in [-0.3, -0.25) is 4.79 Å². The summed E-state index contributed by atoms with van der Waals surface area (Å²) >= 11 is 0. The molecule has 0 aliphatic heterocycles. The second-order valence-electron chi connectivity index (χ2n) is 4.64. The van der Waals surface area contributed by atoms with Crippen molar-refractivity contribution < 1.29 is 22.5 Å². The van der Waals surface area contributed by atoms with Crippen LogP contribution in [0.4, 0.5) is 0 Å². The van der Waals surface area contributed by atoms with Crippen molar-refractivity contribution >= 4 is 16.0 Å². The van der Waals surface area contributed by atoms with E-state index in [9.17, 15) is 13.2 Å². The van der Waals surface area contributed by atoms with Crippen molar-refractivity contribution in [2.24, 2.45) is 5.92 Å². The largest absolute Gasteiger partial charge is 0.469 e. The smallest absolute Gasteiger partial charge is 0.310 e. The van der Waals surface area contributed by atoms with Crippen LogP contribution in [0.2, 0.25) is 0 Å². The van der Waals surface area contributed by atoms with Gasteiger partial charge in [-0.25, -0.2) is 13.1 Å². The van der Waals surface area contributed by atoms with E-state index in [1.807, 2.05) is 0 Å². The van der Waals surface area contributed by atoms with Crippen LogP contribution in [0.1, 0.15) is 25.1 Å². The number of rotatable bonds is 6. The zero-order chi connectivity index (χ0) is 14.6. The van der Waals surface area contributed by atoms with Crippen LogP contribution in [0.5, 0.6) is 0 Å². The topological polar surface area (TPSA) is 111 Å². The molecule has 1 aliphatic rings. The molecule has 1 fully saturated rings. The first-order valence-corrected chi connectivity index (χ1v) is 7.91. The van der Waals surface area contributed by atoms with Crippen LogP contribution in [0.15, 0.2) is 10.9 Å². The Morgan fingerprint density at radius 2 is 2.35 bits per heavy atom. The highest BCUT2D eigenvalue weighted by Crippen LogP contribution is 2.31. The Balaban J connectivity index is 1.93. The molecule has 2 rings (SSSR count). The van der Waals surface area contributed by atoms with Gasteiger partial charge in [-0.1, -0.05) is 11.6 Å². The standard InChI is InChI=1S/C11H17N3O5S/c1-18-11(15)8-3-2-4-9(8)20(16,17)13-6-5-10-12-7-19-14-10/h7-9,13H,2-6H2,1H3. The lowest BCUT2D eigenvalue weighted by Crippen LogP contribution is -2.40. The van der Waals surface area contributed by atoms with E-state index in [1.165, 1.54) is 13.5 Å². The van der Waals surface area contributed by atoms with Crippen LogP contribution in [0.3, 0.4) is 0 Å². The van der Waals surface area contributed by atoms with Gasteiger partial charge in [0.2, 0.25) is 16.4 Å². The van der Waals surface area contributed by atoms with Gasteiger partial charge < -0.3 is 9.26 Å². The fourth-order valence-corrected chi connectivity index (χ4v) is 4.19. The van der Waals surface area contributed by atoms with Gasteiger partial charge in [0.1, 0.15) is 0 Å². The summed E-state index contributed by atoms with van der Waals surface area (Å²) in [6.07, 6.45) is 3.25. The van der Waals surface area contributed by atoms with E-state index < -0.39 is 27.2 Å². The predicted molar refractivity (Wildman–Crippen MR) is 68.1 cm³/mol. The SMILES string of the molecule is COC(=O)C1CCCC1S(=O)(=O)NCCc1ncon1. The highest BCUT2D eigenvalue weighted by Gasteiger charge is 2.41. The molecule has 112 valence electrons. The van der Waals surface area contributed by atoms with Crippen LogP contribution in [-0.2, 0) is 26.0 Å². The summed E-state index contributed by atoms with van der Waals surface area (Å²) in [5, 5.41) is 2.87. The fourth-order valence-electron chi connectivity index (χ4n) is 2.43. The molecule has 2 unspecified atom stereocenters. The number of methoxy groups -OCH3 is 1. The van der Waals surface area contributed by atoms with E-state index in [0.717, 1.165) is 0 Å². The molecule has 1 aromatic heterocycles. The summed E-state index contributed by atoms with van der Waals surface area (Å²) < 4.78 is 36.1. The molecular formula is C11H17N3O5S. The first kappa shape index (κ1) is 14.9. The highest BCUT2D eigenvalue weighted by molar-refractivity contribution is 7.90. The van der Waals surface area contributed by atoms with E-state index >= 15 is 0 Å². The molecule has 1 aliphatic carbocycles. The maximum atomic E-state index is 12.2. The van der Waals surface area contributed by atoms with Crippen molar-refractivity contribution in [3.05, 3.63) is 12.2 Å². The molecule has 0 aromatic carbocycles. The molecule has 0 bridgehead atoms. The molecule has 9 heteroatoms. The van der Waals surface area contributed by atoms with E-state index in [1.54, 1.807) is 0 Å². The minimum Gasteiger partial charge on any atom is -0.469 e. The molecule has 1 aromatic rings. The van der Waals surface area contributed by atoms with Crippen molar-refractivity contribution in [2.75, 3.05) is 13.7 Å². The van der Waals surface area contributed by atoms with E-state index in [2.05, 4.69) is 24.1 Å². The Morgan fingerprint density at radius 3 is 3.00 bits per heavy atom. The number of nitrogens with one attached hydrogen (secondary N) is 1. The Bertz CT molecular complexity index is 542.